The quantitative estimate of drug-likeness (QED) is 0.503. The molecule has 0 aromatic rings. The maximum Gasteiger partial charge on any atom is 0.333 e. The molecule has 3 saturated carbocycles. The molecular formula is C24H34O3. The molecule has 3 heteroatoms. The molecule has 27 heavy (non-hydrogen) atoms. The lowest BCUT2D eigenvalue weighted by Crippen LogP contribution is -2.50. The van der Waals surface area contributed by atoms with Gasteiger partial charge in [-0.25, -0.2) is 4.79 Å². The highest BCUT2D eigenvalue weighted by Crippen LogP contribution is 2.67. The molecule has 0 spiro atoms. The van der Waals surface area contributed by atoms with Crippen molar-refractivity contribution in [2.75, 3.05) is 7.11 Å². The third-order valence-corrected chi connectivity index (χ3v) is 9.13. The van der Waals surface area contributed by atoms with Crippen molar-refractivity contribution >= 4 is 11.8 Å². The van der Waals surface area contributed by atoms with Crippen molar-refractivity contribution in [3.8, 4) is 0 Å². The molecule has 0 bridgehead atoms. The van der Waals surface area contributed by atoms with Gasteiger partial charge in [0.25, 0.3) is 0 Å². The fourth-order valence-corrected chi connectivity index (χ4v) is 7.53. The van der Waals surface area contributed by atoms with Gasteiger partial charge in [-0.05, 0) is 91.9 Å². The summed E-state index contributed by atoms with van der Waals surface area (Å²) < 4.78 is 4.89. The van der Waals surface area contributed by atoms with E-state index in [1.165, 1.54) is 44.8 Å². The summed E-state index contributed by atoms with van der Waals surface area (Å²) in [5, 5.41) is 0. The van der Waals surface area contributed by atoms with E-state index in [2.05, 4.69) is 20.4 Å². The summed E-state index contributed by atoms with van der Waals surface area (Å²) in [5.41, 5.74) is 2.64. The van der Waals surface area contributed by atoms with Gasteiger partial charge in [-0.15, -0.1) is 0 Å². The van der Waals surface area contributed by atoms with Crippen molar-refractivity contribution in [3.63, 3.8) is 0 Å². The van der Waals surface area contributed by atoms with Crippen LogP contribution in [0.3, 0.4) is 0 Å². The molecule has 0 saturated heterocycles. The summed E-state index contributed by atoms with van der Waals surface area (Å²) in [6.45, 7) is 8.92. The molecule has 4 rings (SSSR count). The van der Waals surface area contributed by atoms with Crippen LogP contribution in [0.2, 0.25) is 0 Å². The molecule has 4 aliphatic carbocycles. The van der Waals surface area contributed by atoms with Gasteiger partial charge in [-0.3, -0.25) is 4.79 Å². The fraction of sp³-hybridized carbons (Fsp3) is 0.750. The second-order valence-corrected chi connectivity index (χ2v) is 10.1. The number of hydrogen-bond donors (Lipinski definition) is 0. The maximum atomic E-state index is 12.0. The number of ketones is 1. The molecule has 0 amide bonds. The van der Waals surface area contributed by atoms with Crippen LogP contribution in [0.1, 0.15) is 71.6 Å². The van der Waals surface area contributed by atoms with Gasteiger partial charge in [-0.2, -0.15) is 0 Å². The topological polar surface area (TPSA) is 43.4 Å². The Morgan fingerprint density at radius 1 is 1.15 bits per heavy atom. The molecule has 0 unspecified atom stereocenters. The lowest BCUT2D eigenvalue weighted by molar-refractivity contribution is -0.136. The molecule has 0 N–H and O–H groups in total. The summed E-state index contributed by atoms with van der Waals surface area (Å²) in [6.07, 6.45) is 11.9. The van der Waals surface area contributed by atoms with Gasteiger partial charge in [-0.1, -0.05) is 26.0 Å². The largest absolute Gasteiger partial charge is 0.466 e. The SMILES string of the molecule is C=C(C[C@@H]1CC[C@H]2[C@@H]3CCC4=CC(=O)CC[C@]4(C)[C@H]3CC[C@]12C)C(=O)OC. The Morgan fingerprint density at radius 3 is 2.67 bits per heavy atom. The van der Waals surface area contributed by atoms with E-state index in [0.717, 1.165) is 43.4 Å². The summed E-state index contributed by atoms with van der Waals surface area (Å²) in [6, 6.07) is 0. The first-order chi connectivity index (χ1) is 12.8. The van der Waals surface area contributed by atoms with E-state index in [1.54, 1.807) is 0 Å². The summed E-state index contributed by atoms with van der Waals surface area (Å²) >= 11 is 0. The number of ether oxygens (including phenoxy) is 1. The Bertz CT molecular complexity index is 704. The van der Waals surface area contributed by atoms with Crippen LogP contribution in [0.15, 0.2) is 23.8 Å². The molecule has 4 aliphatic rings. The minimum atomic E-state index is -0.248. The van der Waals surface area contributed by atoms with E-state index in [9.17, 15) is 9.59 Å². The van der Waals surface area contributed by atoms with Crippen LogP contribution in [-0.4, -0.2) is 18.9 Å². The number of rotatable bonds is 3. The third-order valence-electron chi connectivity index (χ3n) is 9.13. The molecule has 0 aromatic heterocycles. The Kier molecular flexibility index (Phi) is 4.63. The van der Waals surface area contributed by atoms with Crippen molar-refractivity contribution in [2.45, 2.75) is 71.6 Å². The Morgan fingerprint density at radius 2 is 1.93 bits per heavy atom. The van der Waals surface area contributed by atoms with E-state index in [0.29, 0.717) is 22.7 Å². The lowest BCUT2D eigenvalue weighted by Gasteiger charge is -2.58. The number of fused-ring (bicyclic) bond motifs is 5. The zero-order chi connectivity index (χ0) is 19.4. The molecule has 148 valence electrons. The van der Waals surface area contributed by atoms with Crippen LogP contribution < -0.4 is 0 Å². The number of carbonyl (C=O) groups is 2. The van der Waals surface area contributed by atoms with Crippen LogP contribution in [-0.2, 0) is 14.3 Å². The third kappa shape index (κ3) is 2.84. The Labute approximate surface area is 163 Å². The number of hydrogen-bond acceptors (Lipinski definition) is 3. The average Bonchev–Trinajstić information content (AvgIpc) is 2.98. The average molecular weight is 371 g/mol. The zero-order valence-corrected chi connectivity index (χ0v) is 17.2. The molecule has 0 heterocycles. The van der Waals surface area contributed by atoms with E-state index >= 15 is 0 Å². The molecule has 0 aliphatic heterocycles. The predicted octanol–water partition coefficient (Wildman–Crippen LogP) is 5.25. The molecular weight excluding hydrogens is 336 g/mol. The van der Waals surface area contributed by atoms with Crippen LogP contribution in [0.5, 0.6) is 0 Å². The molecule has 6 atom stereocenters. The summed E-state index contributed by atoms with van der Waals surface area (Å²) in [5.74, 6) is 2.89. The molecule has 3 nitrogen and oxygen atoms in total. The molecule has 0 radical (unpaired) electrons. The molecule has 0 aromatic carbocycles. The van der Waals surface area contributed by atoms with E-state index in [4.69, 9.17) is 4.74 Å². The number of esters is 1. The van der Waals surface area contributed by atoms with Crippen molar-refractivity contribution in [3.05, 3.63) is 23.8 Å². The summed E-state index contributed by atoms with van der Waals surface area (Å²) in [4.78, 5) is 23.8. The maximum absolute atomic E-state index is 12.0. The van der Waals surface area contributed by atoms with Gasteiger partial charge < -0.3 is 4.74 Å². The number of allylic oxidation sites excluding steroid dienone is 1. The second kappa shape index (κ2) is 6.60. The van der Waals surface area contributed by atoms with Crippen molar-refractivity contribution in [2.24, 2.45) is 34.5 Å². The van der Waals surface area contributed by atoms with Crippen LogP contribution in [0.4, 0.5) is 0 Å². The fourth-order valence-electron chi connectivity index (χ4n) is 7.53. The van der Waals surface area contributed by atoms with Gasteiger partial charge in [0.1, 0.15) is 0 Å². The minimum absolute atomic E-state index is 0.242. The minimum Gasteiger partial charge on any atom is -0.466 e. The zero-order valence-electron chi connectivity index (χ0n) is 17.2. The van der Waals surface area contributed by atoms with Gasteiger partial charge in [0.2, 0.25) is 0 Å². The number of carbonyl (C=O) groups excluding carboxylic acids is 2. The van der Waals surface area contributed by atoms with Gasteiger partial charge >= 0.3 is 5.97 Å². The number of methoxy groups -OCH3 is 1. The van der Waals surface area contributed by atoms with Crippen LogP contribution in [0, 0.1) is 34.5 Å². The monoisotopic (exact) mass is 370 g/mol. The van der Waals surface area contributed by atoms with Crippen LogP contribution >= 0.6 is 0 Å². The van der Waals surface area contributed by atoms with Crippen molar-refractivity contribution < 1.29 is 14.3 Å². The highest BCUT2D eigenvalue weighted by atomic mass is 16.5. The summed E-state index contributed by atoms with van der Waals surface area (Å²) in [7, 11) is 1.45. The Hall–Kier alpha value is -1.38. The first-order valence-corrected chi connectivity index (χ1v) is 10.8. The van der Waals surface area contributed by atoms with Crippen LogP contribution in [0.25, 0.3) is 0 Å². The normalized spacial score (nSPS) is 43.2. The first-order valence-electron chi connectivity index (χ1n) is 10.8. The second-order valence-electron chi connectivity index (χ2n) is 10.1. The van der Waals surface area contributed by atoms with Crippen molar-refractivity contribution in [1.82, 2.24) is 0 Å². The van der Waals surface area contributed by atoms with Gasteiger partial charge in [0.05, 0.1) is 7.11 Å². The lowest BCUT2D eigenvalue weighted by atomic mass is 9.46. The first kappa shape index (κ1) is 19.0. The highest BCUT2D eigenvalue weighted by Gasteiger charge is 2.58. The van der Waals surface area contributed by atoms with Gasteiger partial charge in [0.15, 0.2) is 5.78 Å². The predicted molar refractivity (Wildman–Crippen MR) is 106 cm³/mol. The van der Waals surface area contributed by atoms with E-state index in [-0.39, 0.29) is 11.4 Å². The standard InChI is InChI=1S/C24H34O3/c1-15(22(26)27-4)13-16-6-8-20-19-7-5-17-14-18(25)9-11-23(17,2)21(19)10-12-24(16,20)3/h14,16,19-21H,1,5-13H2,2-4H3/t16-,19-,20-,21-,23-,24+/m0/s1. The smallest absolute Gasteiger partial charge is 0.333 e. The Balaban J connectivity index is 1.56. The van der Waals surface area contributed by atoms with E-state index < -0.39 is 0 Å². The van der Waals surface area contributed by atoms with Crippen molar-refractivity contribution in [1.29, 1.82) is 0 Å². The highest BCUT2D eigenvalue weighted by molar-refractivity contribution is 5.91. The van der Waals surface area contributed by atoms with Gasteiger partial charge in [0, 0.05) is 12.0 Å². The van der Waals surface area contributed by atoms with E-state index in [1.807, 2.05) is 6.08 Å². The molecule has 3 fully saturated rings.